The Hall–Kier alpha value is -4.84. The van der Waals surface area contributed by atoms with Crippen molar-refractivity contribution in [1.82, 2.24) is 0 Å². The number of rotatable bonds is 6. The van der Waals surface area contributed by atoms with Gasteiger partial charge in [-0.05, 0) is 80.2 Å². The van der Waals surface area contributed by atoms with Crippen LogP contribution < -0.4 is 9.47 Å². The van der Waals surface area contributed by atoms with Crippen LogP contribution in [0, 0.1) is 0 Å². The molecular formula is C34H26O5. The molecule has 192 valence electrons. The van der Waals surface area contributed by atoms with Crippen molar-refractivity contribution in [2.24, 2.45) is 0 Å². The van der Waals surface area contributed by atoms with Crippen LogP contribution in [0.25, 0.3) is 43.8 Å². The van der Waals surface area contributed by atoms with Gasteiger partial charge in [-0.2, -0.15) is 0 Å². The molecule has 0 fully saturated rings. The number of benzene rings is 6. The molecule has 0 unspecified atom stereocenters. The van der Waals surface area contributed by atoms with Crippen LogP contribution in [-0.2, 0) is 0 Å². The summed E-state index contributed by atoms with van der Waals surface area (Å²) in [6.45, 7) is 0. The standard InChI is InChI=1S/C34H26O5/c1-38-25-14-10-21(11-15-25)32-28-6-2-4-8-30(28)33(31-9-5-3-7-29(31)32)22-12-16-26(17-13-22)39-27-19-23(34(36)37)18-24(35)20-27/h2-20,34-37H,1H3. The number of hydrogen-bond acceptors (Lipinski definition) is 5. The van der Waals surface area contributed by atoms with Crippen LogP contribution in [0.5, 0.6) is 23.0 Å². The van der Waals surface area contributed by atoms with Crippen LogP contribution in [0.4, 0.5) is 0 Å². The minimum absolute atomic E-state index is 0.109. The maximum Gasteiger partial charge on any atom is 0.178 e. The van der Waals surface area contributed by atoms with Gasteiger partial charge in [0.15, 0.2) is 6.29 Å². The van der Waals surface area contributed by atoms with E-state index in [1.807, 2.05) is 36.4 Å². The van der Waals surface area contributed by atoms with Gasteiger partial charge in [-0.15, -0.1) is 0 Å². The summed E-state index contributed by atoms with van der Waals surface area (Å²) in [5.74, 6) is 1.58. The molecule has 0 amide bonds. The largest absolute Gasteiger partial charge is 0.508 e. The number of ether oxygens (including phenoxy) is 2. The fraction of sp³-hybridized carbons (Fsp3) is 0.0588. The van der Waals surface area contributed by atoms with Crippen molar-refractivity contribution in [1.29, 1.82) is 0 Å². The van der Waals surface area contributed by atoms with Gasteiger partial charge in [-0.25, -0.2) is 0 Å². The number of aromatic hydroxyl groups is 1. The summed E-state index contributed by atoms with van der Waals surface area (Å²) in [4.78, 5) is 0. The van der Waals surface area contributed by atoms with Crippen molar-refractivity contribution < 1.29 is 24.8 Å². The second-order valence-electron chi connectivity index (χ2n) is 9.33. The fourth-order valence-electron chi connectivity index (χ4n) is 5.15. The summed E-state index contributed by atoms with van der Waals surface area (Å²) in [6.07, 6.45) is -1.70. The minimum atomic E-state index is -1.70. The zero-order valence-electron chi connectivity index (χ0n) is 21.2. The van der Waals surface area contributed by atoms with Gasteiger partial charge in [0.25, 0.3) is 0 Å². The molecular weight excluding hydrogens is 488 g/mol. The lowest BCUT2D eigenvalue weighted by molar-refractivity contribution is -0.0427. The molecule has 0 aromatic heterocycles. The van der Waals surface area contributed by atoms with E-state index >= 15 is 0 Å². The molecule has 0 spiro atoms. The normalized spacial score (nSPS) is 11.3. The zero-order chi connectivity index (χ0) is 26.9. The van der Waals surface area contributed by atoms with Gasteiger partial charge in [-0.1, -0.05) is 72.8 Å². The molecule has 0 aliphatic carbocycles. The Kier molecular flexibility index (Phi) is 6.37. The van der Waals surface area contributed by atoms with Crippen molar-refractivity contribution >= 4 is 21.5 Å². The lowest BCUT2D eigenvalue weighted by Gasteiger charge is -2.18. The summed E-state index contributed by atoms with van der Waals surface area (Å²) < 4.78 is 11.3. The van der Waals surface area contributed by atoms with Gasteiger partial charge in [0.2, 0.25) is 0 Å². The second-order valence-corrected chi connectivity index (χ2v) is 9.33. The third-order valence-corrected chi connectivity index (χ3v) is 6.90. The number of hydrogen-bond donors (Lipinski definition) is 3. The third kappa shape index (κ3) is 4.66. The maximum absolute atomic E-state index is 9.94. The van der Waals surface area contributed by atoms with Gasteiger partial charge in [0, 0.05) is 11.6 Å². The molecule has 0 saturated heterocycles. The Labute approximate surface area is 225 Å². The predicted octanol–water partition coefficient (Wildman–Crippen LogP) is 7.82. The van der Waals surface area contributed by atoms with E-state index in [9.17, 15) is 15.3 Å². The van der Waals surface area contributed by atoms with E-state index in [4.69, 9.17) is 9.47 Å². The first kappa shape index (κ1) is 24.5. The van der Waals surface area contributed by atoms with Gasteiger partial charge >= 0.3 is 0 Å². The van der Waals surface area contributed by atoms with Crippen molar-refractivity contribution in [2.45, 2.75) is 6.29 Å². The van der Waals surface area contributed by atoms with Crippen molar-refractivity contribution in [3.05, 3.63) is 121 Å². The van der Waals surface area contributed by atoms with Gasteiger partial charge in [0.1, 0.15) is 23.0 Å². The van der Waals surface area contributed by atoms with E-state index in [1.165, 1.54) is 23.8 Å². The Balaban J connectivity index is 1.47. The van der Waals surface area contributed by atoms with Crippen LogP contribution in [0.15, 0.2) is 115 Å². The second kappa shape index (κ2) is 10.1. The highest BCUT2D eigenvalue weighted by Gasteiger charge is 2.16. The summed E-state index contributed by atoms with van der Waals surface area (Å²) in [7, 11) is 1.67. The number of aliphatic hydroxyl groups excluding tert-OH is 1. The number of aliphatic hydroxyl groups is 2. The predicted molar refractivity (Wildman–Crippen MR) is 154 cm³/mol. The molecule has 0 aliphatic heterocycles. The summed E-state index contributed by atoms with van der Waals surface area (Å²) in [5.41, 5.74) is 4.62. The lowest BCUT2D eigenvalue weighted by atomic mass is 9.86. The van der Waals surface area contributed by atoms with Crippen molar-refractivity contribution in [3.63, 3.8) is 0 Å². The number of phenolic OH excluding ortho intramolecular Hbond substituents is 1. The van der Waals surface area contributed by atoms with Crippen LogP contribution in [-0.4, -0.2) is 22.4 Å². The smallest absolute Gasteiger partial charge is 0.178 e. The Morgan fingerprint density at radius 3 is 1.44 bits per heavy atom. The molecule has 6 rings (SSSR count). The molecule has 5 nitrogen and oxygen atoms in total. The monoisotopic (exact) mass is 514 g/mol. The molecule has 0 atom stereocenters. The maximum atomic E-state index is 9.94. The van der Waals surface area contributed by atoms with Gasteiger partial charge in [0.05, 0.1) is 7.11 Å². The Morgan fingerprint density at radius 2 is 1.00 bits per heavy atom. The summed E-state index contributed by atoms with van der Waals surface area (Å²) in [5, 5.41) is 33.5. The van der Waals surface area contributed by atoms with Crippen LogP contribution in [0.2, 0.25) is 0 Å². The first-order chi connectivity index (χ1) is 19.0. The van der Waals surface area contributed by atoms with Gasteiger partial charge < -0.3 is 24.8 Å². The van der Waals surface area contributed by atoms with E-state index < -0.39 is 6.29 Å². The quantitative estimate of drug-likeness (QED) is 0.156. The molecule has 5 heteroatoms. The van der Waals surface area contributed by atoms with Crippen molar-refractivity contribution in [2.75, 3.05) is 7.11 Å². The number of phenols is 1. The van der Waals surface area contributed by atoms with Crippen LogP contribution >= 0.6 is 0 Å². The topological polar surface area (TPSA) is 79.2 Å². The van der Waals surface area contributed by atoms with Gasteiger partial charge in [-0.3, -0.25) is 0 Å². The lowest BCUT2D eigenvalue weighted by Crippen LogP contribution is -1.95. The van der Waals surface area contributed by atoms with E-state index in [1.54, 1.807) is 7.11 Å². The number of fused-ring (bicyclic) bond motifs is 2. The molecule has 6 aromatic rings. The highest BCUT2D eigenvalue weighted by molar-refractivity contribution is 6.21. The fourth-order valence-corrected chi connectivity index (χ4v) is 5.15. The highest BCUT2D eigenvalue weighted by Crippen LogP contribution is 2.44. The first-order valence-electron chi connectivity index (χ1n) is 12.6. The van der Waals surface area contributed by atoms with E-state index in [-0.39, 0.29) is 11.3 Å². The van der Waals surface area contributed by atoms with E-state index in [0.717, 1.165) is 44.0 Å². The molecule has 0 aliphatic rings. The minimum Gasteiger partial charge on any atom is -0.508 e. The highest BCUT2D eigenvalue weighted by atomic mass is 16.5. The van der Waals surface area contributed by atoms with Crippen molar-refractivity contribution in [3.8, 4) is 45.3 Å². The molecule has 0 saturated carbocycles. The molecule has 6 aromatic carbocycles. The summed E-state index contributed by atoms with van der Waals surface area (Å²) >= 11 is 0. The molecule has 3 N–H and O–H groups in total. The average molecular weight is 515 g/mol. The average Bonchev–Trinajstić information content (AvgIpc) is 2.96. The SMILES string of the molecule is COc1ccc(-c2c3ccccc3c(-c3ccc(Oc4cc(O)cc(C(O)O)c4)cc3)c3ccccc23)cc1. The molecule has 0 bridgehead atoms. The molecule has 0 radical (unpaired) electrons. The summed E-state index contributed by atoms with van der Waals surface area (Å²) in [6, 6.07) is 37.0. The van der Waals surface area contributed by atoms with E-state index in [0.29, 0.717) is 11.5 Å². The molecule has 0 heterocycles. The van der Waals surface area contributed by atoms with E-state index in [2.05, 4.69) is 60.7 Å². The third-order valence-electron chi connectivity index (χ3n) is 6.90. The zero-order valence-corrected chi connectivity index (χ0v) is 21.2. The number of methoxy groups -OCH3 is 1. The Bertz CT molecular complexity index is 1730. The Morgan fingerprint density at radius 1 is 0.538 bits per heavy atom. The van der Waals surface area contributed by atoms with Crippen LogP contribution in [0.3, 0.4) is 0 Å². The molecule has 39 heavy (non-hydrogen) atoms. The van der Waals surface area contributed by atoms with Crippen LogP contribution in [0.1, 0.15) is 11.9 Å². The first-order valence-corrected chi connectivity index (χ1v) is 12.6.